The first-order valence-corrected chi connectivity index (χ1v) is 9.88. The van der Waals surface area contributed by atoms with Crippen LogP contribution in [0.25, 0.3) is 0 Å². The van der Waals surface area contributed by atoms with Gasteiger partial charge < -0.3 is 4.74 Å². The van der Waals surface area contributed by atoms with Crippen LogP contribution in [0, 0.1) is 9.85 Å². The van der Waals surface area contributed by atoms with Gasteiger partial charge in [-0.2, -0.15) is 0 Å². The fraction of sp³-hybridized carbons (Fsp3) is 0.800. The van der Waals surface area contributed by atoms with Crippen molar-refractivity contribution in [3.8, 4) is 9.85 Å². The number of hydrogen-bond acceptors (Lipinski definition) is 2. The molecule has 0 heterocycles. The van der Waals surface area contributed by atoms with Crippen LogP contribution in [0.3, 0.4) is 0 Å². The summed E-state index contributed by atoms with van der Waals surface area (Å²) in [6, 6.07) is 0. The highest BCUT2D eigenvalue weighted by atomic mass is 127. The van der Waals surface area contributed by atoms with Crippen molar-refractivity contribution >= 4 is 75.0 Å². The van der Waals surface area contributed by atoms with Gasteiger partial charge in [0.2, 0.25) is 0 Å². The lowest BCUT2D eigenvalue weighted by atomic mass is 10.0. The molecule has 2 nitrogen and oxygen atoms in total. The van der Waals surface area contributed by atoms with Gasteiger partial charge >= 0.3 is 5.97 Å². The maximum absolute atomic E-state index is 11.2. The Labute approximate surface area is 167 Å². The molecular weight excluding hydrogens is 481 g/mol. The number of ether oxygens (including phenoxy) is 1. The maximum Gasteiger partial charge on any atom is 0.303 e. The van der Waals surface area contributed by atoms with E-state index in [9.17, 15) is 4.79 Å². The molecule has 0 aliphatic carbocycles. The van der Waals surface area contributed by atoms with Crippen molar-refractivity contribution in [2.75, 3.05) is 0 Å². The van der Waals surface area contributed by atoms with Crippen molar-refractivity contribution < 1.29 is 9.53 Å². The highest BCUT2D eigenvalue weighted by molar-refractivity contribution is 14.1. The molecule has 3 atom stereocenters. The number of unbranched alkanes of at least 4 members (excludes halogenated alkanes) is 3. The van der Waals surface area contributed by atoms with Crippen molar-refractivity contribution in [2.24, 2.45) is 0 Å². The number of carbonyl (C=O) groups is 1. The fourth-order valence-corrected chi connectivity index (χ4v) is 4.05. The molecule has 0 spiro atoms. The Balaban J connectivity index is 4.66. The average molecular weight is 502 g/mol. The van der Waals surface area contributed by atoms with Gasteiger partial charge in [-0.1, -0.05) is 38.5 Å². The second-order valence-corrected chi connectivity index (χ2v) is 8.31. The SMILES string of the molecule is CCCCCCC(Cl)(Cl)C[C@@H](Cl)[C@@H](OC(C)=O)[C@@H](Cl)C#CI. The summed E-state index contributed by atoms with van der Waals surface area (Å²) in [5, 5.41) is -1.31. The van der Waals surface area contributed by atoms with Gasteiger partial charge in [-0.05, 0) is 10.3 Å². The van der Waals surface area contributed by atoms with Crippen LogP contribution in [0.2, 0.25) is 0 Å². The van der Waals surface area contributed by atoms with Crippen LogP contribution in [0.1, 0.15) is 52.4 Å². The van der Waals surface area contributed by atoms with Gasteiger partial charge in [0, 0.05) is 35.9 Å². The fourth-order valence-electron chi connectivity index (χ4n) is 1.96. The number of halogens is 5. The van der Waals surface area contributed by atoms with Crippen molar-refractivity contribution in [1.82, 2.24) is 0 Å². The second-order valence-electron chi connectivity index (χ2n) is 5.10. The molecule has 0 aliphatic heterocycles. The lowest BCUT2D eigenvalue weighted by Gasteiger charge is -2.28. The Bertz CT molecular complexity index is 393. The van der Waals surface area contributed by atoms with Crippen LogP contribution in [0.5, 0.6) is 0 Å². The summed E-state index contributed by atoms with van der Waals surface area (Å²) in [6.45, 7) is 3.44. The van der Waals surface area contributed by atoms with Gasteiger partial charge in [0.25, 0.3) is 0 Å². The maximum atomic E-state index is 11.2. The van der Waals surface area contributed by atoms with Gasteiger partial charge in [0.05, 0.1) is 5.38 Å². The molecule has 0 amide bonds. The molecule has 0 aliphatic rings. The largest absolute Gasteiger partial charge is 0.458 e. The van der Waals surface area contributed by atoms with Crippen molar-refractivity contribution in [2.45, 2.75) is 73.6 Å². The second kappa shape index (κ2) is 12.3. The summed E-state index contributed by atoms with van der Waals surface area (Å²) < 4.78 is 6.88. The predicted molar refractivity (Wildman–Crippen MR) is 104 cm³/mol. The highest BCUT2D eigenvalue weighted by Gasteiger charge is 2.35. The molecule has 0 bridgehead atoms. The molecule has 7 heteroatoms. The van der Waals surface area contributed by atoms with E-state index in [2.05, 4.69) is 16.8 Å². The minimum Gasteiger partial charge on any atom is -0.458 e. The molecule has 0 aromatic rings. The Morgan fingerprint density at radius 1 is 1.27 bits per heavy atom. The summed E-state index contributed by atoms with van der Waals surface area (Å²) in [5.41, 5.74) is 0. The number of esters is 1. The van der Waals surface area contributed by atoms with Crippen LogP contribution in [-0.2, 0) is 9.53 Å². The third-order valence-electron chi connectivity index (χ3n) is 3.03. The zero-order valence-corrected chi connectivity index (χ0v) is 17.9. The zero-order chi connectivity index (χ0) is 17.2. The standard InChI is InChI=1S/C15H21Cl4IO2/c1-3-4-5-6-8-15(18,19)10-13(17)14(22-11(2)21)12(16)7-9-20/h12-14H,3-6,8,10H2,1-2H3/t12-,13+,14-/m0/s1. The molecule has 0 fully saturated rings. The first-order valence-electron chi connectivity index (χ1n) is 7.18. The Hall–Kier alpha value is 0.920. The molecule has 0 rings (SSSR count). The van der Waals surface area contributed by atoms with Gasteiger partial charge in [-0.25, -0.2) is 0 Å². The minimum absolute atomic E-state index is 0.272. The summed E-state index contributed by atoms with van der Waals surface area (Å²) in [7, 11) is 0. The van der Waals surface area contributed by atoms with E-state index in [1.54, 1.807) is 0 Å². The lowest BCUT2D eigenvalue weighted by Crippen LogP contribution is -2.37. The van der Waals surface area contributed by atoms with Crippen LogP contribution < -0.4 is 0 Å². The summed E-state index contributed by atoms with van der Waals surface area (Å²) in [4.78, 5) is 11.2. The monoisotopic (exact) mass is 500 g/mol. The number of rotatable bonds is 10. The van der Waals surface area contributed by atoms with Crippen LogP contribution in [-0.4, -0.2) is 27.2 Å². The van der Waals surface area contributed by atoms with E-state index in [0.717, 1.165) is 25.7 Å². The van der Waals surface area contributed by atoms with Gasteiger partial charge in [-0.15, -0.1) is 46.4 Å². The summed E-state index contributed by atoms with van der Waals surface area (Å²) >= 11 is 27.0. The molecule has 0 saturated carbocycles. The number of carbonyl (C=O) groups excluding carboxylic acids is 1. The van der Waals surface area contributed by atoms with E-state index in [4.69, 9.17) is 51.1 Å². The molecule has 128 valence electrons. The van der Waals surface area contributed by atoms with E-state index in [0.29, 0.717) is 6.42 Å². The number of alkyl halides is 4. The van der Waals surface area contributed by atoms with Crippen LogP contribution in [0.4, 0.5) is 0 Å². The topological polar surface area (TPSA) is 26.3 Å². The normalized spacial score (nSPS) is 15.4. The number of hydrogen-bond donors (Lipinski definition) is 0. The minimum atomic E-state index is -0.965. The van der Waals surface area contributed by atoms with E-state index in [1.807, 2.05) is 22.6 Å². The Morgan fingerprint density at radius 2 is 1.91 bits per heavy atom. The van der Waals surface area contributed by atoms with Crippen LogP contribution in [0.15, 0.2) is 0 Å². The van der Waals surface area contributed by atoms with Gasteiger partial charge in [-0.3, -0.25) is 4.79 Å². The zero-order valence-electron chi connectivity index (χ0n) is 12.7. The third-order valence-corrected chi connectivity index (χ3v) is 4.79. The van der Waals surface area contributed by atoms with Crippen molar-refractivity contribution in [3.63, 3.8) is 0 Å². The molecule has 0 aromatic heterocycles. The highest BCUT2D eigenvalue weighted by Crippen LogP contribution is 2.36. The molecule has 22 heavy (non-hydrogen) atoms. The van der Waals surface area contributed by atoms with Gasteiger partial charge in [0.1, 0.15) is 15.8 Å². The predicted octanol–water partition coefficient (Wildman–Crippen LogP) is 6.06. The Morgan fingerprint density at radius 3 is 2.41 bits per heavy atom. The molecule has 0 saturated heterocycles. The average Bonchev–Trinajstić information content (AvgIpc) is 2.40. The van der Waals surface area contributed by atoms with Crippen molar-refractivity contribution in [1.29, 1.82) is 0 Å². The molecule has 0 radical (unpaired) electrons. The summed E-state index contributed by atoms with van der Waals surface area (Å²) in [5.74, 6) is 2.27. The quantitative estimate of drug-likeness (QED) is 0.119. The Kier molecular flexibility index (Phi) is 12.8. The molecule has 0 unspecified atom stereocenters. The van der Waals surface area contributed by atoms with Gasteiger partial charge in [0.15, 0.2) is 0 Å². The van der Waals surface area contributed by atoms with E-state index < -0.39 is 27.2 Å². The molecular formula is C15H21Cl4IO2. The summed E-state index contributed by atoms with van der Waals surface area (Å²) in [6.07, 6.45) is 4.46. The molecule has 0 aromatic carbocycles. The first kappa shape index (κ1) is 22.9. The lowest BCUT2D eigenvalue weighted by molar-refractivity contribution is -0.146. The van der Waals surface area contributed by atoms with Crippen LogP contribution >= 0.6 is 69.0 Å². The third kappa shape index (κ3) is 10.6. The van der Waals surface area contributed by atoms with E-state index in [1.165, 1.54) is 6.92 Å². The molecule has 0 N–H and O–H groups in total. The smallest absolute Gasteiger partial charge is 0.303 e. The van der Waals surface area contributed by atoms with Crippen molar-refractivity contribution in [3.05, 3.63) is 0 Å². The van der Waals surface area contributed by atoms with E-state index >= 15 is 0 Å². The first-order chi connectivity index (χ1) is 10.2. The van der Waals surface area contributed by atoms with E-state index in [-0.39, 0.29) is 6.42 Å².